The molecule has 0 unspecified atom stereocenters. The first-order valence-corrected chi connectivity index (χ1v) is 8.79. The van der Waals surface area contributed by atoms with Crippen LogP contribution in [0.25, 0.3) is 0 Å². The lowest BCUT2D eigenvalue weighted by atomic mass is 10.2. The van der Waals surface area contributed by atoms with Crippen LogP contribution in [-0.4, -0.2) is 63.0 Å². The topological polar surface area (TPSA) is 83.5 Å². The summed E-state index contributed by atoms with van der Waals surface area (Å²) in [6.07, 6.45) is 5.43. The summed E-state index contributed by atoms with van der Waals surface area (Å²) in [4.78, 5) is 10.8. The van der Waals surface area contributed by atoms with Crippen LogP contribution in [0.3, 0.4) is 0 Å². The van der Waals surface area contributed by atoms with E-state index >= 15 is 0 Å². The van der Waals surface area contributed by atoms with Gasteiger partial charge < -0.3 is 13.8 Å². The SMILES string of the molecule is C=CC(=O)OCCCCCC[N+](C)(C)CCCS(=O)(=O)[O-]. The highest BCUT2D eigenvalue weighted by atomic mass is 32.2. The minimum Gasteiger partial charge on any atom is -0.748 e. The maximum atomic E-state index is 10.8. The zero-order valence-electron chi connectivity index (χ0n) is 13.0. The molecule has 0 amide bonds. The number of ether oxygens (including phenoxy) is 1. The van der Waals surface area contributed by atoms with Gasteiger partial charge >= 0.3 is 5.97 Å². The van der Waals surface area contributed by atoms with Crippen molar-refractivity contribution in [3.63, 3.8) is 0 Å². The standard InChI is InChI=1S/C14H27NO5S/c1-4-14(16)20-12-8-6-5-7-10-15(2,3)11-9-13-21(17,18)19/h4H,1,5-13H2,2-3H3. The maximum absolute atomic E-state index is 10.8. The van der Waals surface area contributed by atoms with E-state index in [0.29, 0.717) is 24.1 Å². The van der Waals surface area contributed by atoms with Crippen molar-refractivity contribution in [3.8, 4) is 0 Å². The summed E-state index contributed by atoms with van der Waals surface area (Å²) in [6, 6.07) is 0. The van der Waals surface area contributed by atoms with Crippen molar-refractivity contribution in [1.29, 1.82) is 0 Å². The Morgan fingerprint density at radius 2 is 1.71 bits per heavy atom. The molecule has 0 radical (unpaired) electrons. The van der Waals surface area contributed by atoms with Crippen molar-refractivity contribution >= 4 is 16.1 Å². The van der Waals surface area contributed by atoms with E-state index in [4.69, 9.17) is 4.74 Å². The summed E-state index contributed by atoms with van der Waals surface area (Å²) in [5.74, 6) is -0.676. The lowest BCUT2D eigenvalue weighted by molar-refractivity contribution is -0.890. The lowest BCUT2D eigenvalue weighted by Crippen LogP contribution is -2.41. The van der Waals surface area contributed by atoms with Crippen LogP contribution in [0.4, 0.5) is 0 Å². The summed E-state index contributed by atoms with van der Waals surface area (Å²) in [7, 11) is -0.0377. The number of nitrogens with zero attached hydrogens (tertiary/aromatic N) is 1. The second kappa shape index (κ2) is 9.92. The number of hydrogen-bond donors (Lipinski definition) is 0. The molecule has 0 aliphatic carbocycles. The third-order valence-electron chi connectivity index (χ3n) is 3.23. The molecule has 0 N–H and O–H groups in total. The number of esters is 1. The van der Waals surface area contributed by atoms with Gasteiger partial charge in [-0.2, -0.15) is 0 Å². The molecule has 0 aromatic carbocycles. The predicted octanol–water partition coefficient (Wildman–Crippen LogP) is 1.29. The molecule has 0 aromatic rings. The van der Waals surface area contributed by atoms with Crippen LogP contribution in [0.15, 0.2) is 12.7 Å². The number of unbranched alkanes of at least 4 members (excludes halogenated alkanes) is 3. The second-order valence-corrected chi connectivity index (χ2v) is 7.31. The van der Waals surface area contributed by atoms with Crippen LogP contribution in [0, 0.1) is 0 Å². The van der Waals surface area contributed by atoms with Crippen LogP contribution < -0.4 is 0 Å². The Morgan fingerprint density at radius 3 is 2.29 bits per heavy atom. The molecule has 0 bridgehead atoms. The Kier molecular flexibility index (Phi) is 9.48. The second-order valence-electron chi connectivity index (χ2n) is 5.78. The molecular weight excluding hydrogens is 294 g/mol. The molecule has 0 rings (SSSR count). The van der Waals surface area contributed by atoms with Gasteiger partial charge in [-0.05, 0) is 25.7 Å². The van der Waals surface area contributed by atoms with Gasteiger partial charge in [0.25, 0.3) is 0 Å². The van der Waals surface area contributed by atoms with Gasteiger partial charge in [0, 0.05) is 18.2 Å². The third-order valence-corrected chi connectivity index (χ3v) is 4.02. The van der Waals surface area contributed by atoms with Gasteiger partial charge in [0.2, 0.25) is 0 Å². The molecule has 0 atom stereocenters. The Bertz CT molecular complexity index is 417. The summed E-state index contributed by atoms with van der Waals surface area (Å²) in [6.45, 7) is 5.36. The summed E-state index contributed by atoms with van der Waals surface area (Å²) in [5, 5.41) is 0. The van der Waals surface area contributed by atoms with Crippen molar-refractivity contribution < 1.29 is 27.0 Å². The molecule has 0 saturated heterocycles. The molecule has 21 heavy (non-hydrogen) atoms. The van der Waals surface area contributed by atoms with Crippen LogP contribution in [0.1, 0.15) is 32.1 Å². The quantitative estimate of drug-likeness (QED) is 0.178. The van der Waals surface area contributed by atoms with E-state index in [0.717, 1.165) is 38.3 Å². The van der Waals surface area contributed by atoms with E-state index in [-0.39, 0.29) is 11.7 Å². The average molecular weight is 321 g/mol. The first-order chi connectivity index (χ1) is 9.66. The van der Waals surface area contributed by atoms with Gasteiger partial charge in [-0.15, -0.1) is 0 Å². The Balaban J connectivity index is 3.61. The number of hydrogen-bond acceptors (Lipinski definition) is 5. The van der Waals surface area contributed by atoms with E-state index in [9.17, 15) is 17.8 Å². The first kappa shape index (κ1) is 20.1. The lowest BCUT2D eigenvalue weighted by Gasteiger charge is -2.30. The largest absolute Gasteiger partial charge is 0.748 e. The van der Waals surface area contributed by atoms with Crippen molar-refractivity contribution in [3.05, 3.63) is 12.7 Å². The Morgan fingerprint density at radius 1 is 1.14 bits per heavy atom. The predicted molar refractivity (Wildman–Crippen MR) is 80.6 cm³/mol. The molecule has 0 saturated carbocycles. The molecule has 0 heterocycles. The van der Waals surface area contributed by atoms with Gasteiger partial charge in [-0.25, -0.2) is 13.2 Å². The molecule has 124 valence electrons. The highest BCUT2D eigenvalue weighted by molar-refractivity contribution is 7.85. The normalized spacial score (nSPS) is 12.1. The number of rotatable bonds is 12. The highest BCUT2D eigenvalue weighted by Crippen LogP contribution is 2.07. The fraction of sp³-hybridized carbons (Fsp3) is 0.786. The van der Waals surface area contributed by atoms with Crippen molar-refractivity contribution in [1.82, 2.24) is 0 Å². The number of carbonyl (C=O) groups is 1. The van der Waals surface area contributed by atoms with Gasteiger partial charge in [0.15, 0.2) is 0 Å². The monoisotopic (exact) mass is 321 g/mol. The smallest absolute Gasteiger partial charge is 0.330 e. The molecule has 7 heteroatoms. The molecule has 0 spiro atoms. The molecule has 0 aromatic heterocycles. The summed E-state index contributed by atoms with van der Waals surface area (Å²) >= 11 is 0. The molecule has 0 fully saturated rings. The maximum Gasteiger partial charge on any atom is 0.330 e. The fourth-order valence-corrected chi connectivity index (χ4v) is 2.49. The van der Waals surface area contributed by atoms with Crippen molar-refractivity contribution in [2.75, 3.05) is 39.5 Å². The van der Waals surface area contributed by atoms with Crippen molar-refractivity contribution in [2.45, 2.75) is 32.1 Å². The van der Waals surface area contributed by atoms with Gasteiger partial charge in [0.1, 0.15) is 0 Å². The summed E-state index contributed by atoms with van der Waals surface area (Å²) in [5.41, 5.74) is 0. The van der Waals surface area contributed by atoms with Gasteiger partial charge in [0.05, 0.1) is 43.9 Å². The minimum atomic E-state index is -4.10. The van der Waals surface area contributed by atoms with Crippen LogP contribution in [0.2, 0.25) is 0 Å². The Hall–Kier alpha value is -0.920. The van der Waals surface area contributed by atoms with E-state index in [1.165, 1.54) is 0 Å². The fourth-order valence-electron chi connectivity index (χ4n) is 2.01. The van der Waals surface area contributed by atoms with Crippen LogP contribution in [0.5, 0.6) is 0 Å². The van der Waals surface area contributed by atoms with E-state index in [1.54, 1.807) is 0 Å². The van der Waals surface area contributed by atoms with Crippen molar-refractivity contribution in [2.24, 2.45) is 0 Å². The van der Waals surface area contributed by atoms with E-state index in [2.05, 4.69) is 6.58 Å². The molecule has 0 aliphatic rings. The zero-order valence-corrected chi connectivity index (χ0v) is 13.9. The Labute approximate surface area is 128 Å². The molecule has 0 aliphatic heterocycles. The van der Waals surface area contributed by atoms with Crippen LogP contribution in [-0.2, 0) is 19.6 Å². The zero-order chi connectivity index (χ0) is 16.4. The van der Waals surface area contributed by atoms with Gasteiger partial charge in [-0.1, -0.05) is 6.58 Å². The number of quaternary nitrogens is 1. The number of carbonyl (C=O) groups excluding carboxylic acids is 1. The minimum absolute atomic E-state index is 0.288. The molecular formula is C14H27NO5S. The van der Waals surface area contributed by atoms with E-state index in [1.807, 2.05) is 14.1 Å². The summed E-state index contributed by atoms with van der Waals surface area (Å²) < 4.78 is 37.2. The van der Waals surface area contributed by atoms with Crippen LogP contribution >= 0.6 is 0 Å². The average Bonchev–Trinajstić information content (AvgIpc) is 2.35. The highest BCUT2D eigenvalue weighted by Gasteiger charge is 2.14. The molecule has 6 nitrogen and oxygen atoms in total. The third kappa shape index (κ3) is 13.8. The van der Waals surface area contributed by atoms with E-state index < -0.39 is 10.1 Å². The first-order valence-electron chi connectivity index (χ1n) is 7.21. The van der Waals surface area contributed by atoms with Gasteiger partial charge in [-0.3, -0.25) is 0 Å².